The summed E-state index contributed by atoms with van der Waals surface area (Å²) in [6, 6.07) is 3.91. The molecule has 1 saturated heterocycles. The molecule has 0 spiro atoms. The van der Waals surface area contributed by atoms with E-state index in [1.165, 1.54) is 0 Å². The van der Waals surface area contributed by atoms with Crippen LogP contribution in [-0.4, -0.2) is 53.4 Å². The van der Waals surface area contributed by atoms with E-state index in [1.54, 1.807) is 18.5 Å². The van der Waals surface area contributed by atoms with Crippen LogP contribution in [0.1, 0.15) is 51.9 Å². The Kier molecular flexibility index (Phi) is 5.83. The fraction of sp³-hybridized carbons (Fsp3) is 0.524. The number of imidazole rings is 1. The van der Waals surface area contributed by atoms with Gasteiger partial charge >= 0.3 is 0 Å². The first kappa shape index (κ1) is 20.5. The van der Waals surface area contributed by atoms with Crippen molar-refractivity contribution in [1.82, 2.24) is 24.5 Å². The van der Waals surface area contributed by atoms with Gasteiger partial charge in [-0.25, -0.2) is 15.0 Å². The van der Waals surface area contributed by atoms with Gasteiger partial charge in [-0.3, -0.25) is 0 Å². The maximum Gasteiger partial charge on any atom is 0.227 e. The highest BCUT2D eigenvalue weighted by atomic mass is 16.3. The number of piperidine rings is 1. The Hall–Kier alpha value is -2.78. The fourth-order valence-electron chi connectivity index (χ4n) is 4.20. The minimum Gasteiger partial charge on any atom is -0.391 e. The van der Waals surface area contributed by atoms with Crippen LogP contribution in [0.15, 0.2) is 24.5 Å². The minimum atomic E-state index is -0.438. The van der Waals surface area contributed by atoms with Crippen LogP contribution in [0.5, 0.6) is 0 Å². The molecule has 160 valence electrons. The molecule has 1 fully saturated rings. The summed E-state index contributed by atoms with van der Waals surface area (Å²) in [5, 5.41) is 23.0. The van der Waals surface area contributed by atoms with E-state index in [0.717, 1.165) is 36.8 Å². The first-order valence-corrected chi connectivity index (χ1v) is 10.5. The molecule has 3 aromatic rings. The molecule has 0 saturated carbocycles. The van der Waals surface area contributed by atoms with Crippen molar-refractivity contribution in [3.05, 3.63) is 30.4 Å². The number of aromatic nitrogens is 5. The molecule has 3 aromatic heterocycles. The van der Waals surface area contributed by atoms with Crippen molar-refractivity contribution in [2.24, 2.45) is 0 Å². The number of aliphatic hydroxyl groups is 2. The zero-order chi connectivity index (χ0) is 21.3. The van der Waals surface area contributed by atoms with Gasteiger partial charge < -0.3 is 25.0 Å². The van der Waals surface area contributed by atoms with Gasteiger partial charge in [0.05, 0.1) is 23.9 Å². The molecular weight excluding hydrogens is 382 g/mol. The lowest BCUT2D eigenvalue weighted by atomic mass is 9.99. The summed E-state index contributed by atoms with van der Waals surface area (Å²) in [6.45, 7) is 6.65. The van der Waals surface area contributed by atoms with Crippen LogP contribution in [0.4, 0.5) is 17.6 Å². The Morgan fingerprint density at radius 2 is 2.00 bits per heavy atom. The molecule has 4 heterocycles. The summed E-state index contributed by atoms with van der Waals surface area (Å²) >= 11 is 0. The van der Waals surface area contributed by atoms with Gasteiger partial charge in [-0.05, 0) is 46.1 Å². The third kappa shape index (κ3) is 3.95. The van der Waals surface area contributed by atoms with Crippen molar-refractivity contribution in [2.75, 3.05) is 16.8 Å². The van der Waals surface area contributed by atoms with E-state index in [2.05, 4.69) is 44.0 Å². The molecule has 2 unspecified atom stereocenters. The Labute approximate surface area is 175 Å². The number of rotatable bonds is 6. The van der Waals surface area contributed by atoms with E-state index in [4.69, 9.17) is 0 Å². The van der Waals surface area contributed by atoms with Gasteiger partial charge in [0.25, 0.3) is 0 Å². The molecule has 0 aromatic carbocycles. The van der Waals surface area contributed by atoms with Crippen LogP contribution in [-0.2, 0) is 6.61 Å². The van der Waals surface area contributed by atoms with Crippen LogP contribution in [0.25, 0.3) is 11.0 Å². The maximum atomic E-state index is 10.2. The van der Waals surface area contributed by atoms with Gasteiger partial charge in [-0.2, -0.15) is 4.98 Å². The van der Waals surface area contributed by atoms with Gasteiger partial charge in [0.1, 0.15) is 29.6 Å². The number of anilines is 3. The Balaban J connectivity index is 1.62. The summed E-state index contributed by atoms with van der Waals surface area (Å²) in [6.07, 6.45) is 6.09. The minimum absolute atomic E-state index is 0.0285. The average Bonchev–Trinajstić information content (AvgIpc) is 3.12. The van der Waals surface area contributed by atoms with Gasteiger partial charge in [-0.15, -0.1) is 0 Å². The SMILES string of the molecule is CC(O)C1CCCCN1c1nccc(Nc2cc3c(cn2)nc(CO)n3C(C)C)n1. The molecule has 0 aliphatic carbocycles. The number of aliphatic hydroxyl groups excluding tert-OH is 2. The van der Waals surface area contributed by atoms with Crippen LogP contribution < -0.4 is 10.2 Å². The normalized spacial score (nSPS) is 18.2. The van der Waals surface area contributed by atoms with Crippen molar-refractivity contribution in [2.45, 2.75) is 64.8 Å². The highest BCUT2D eigenvalue weighted by Crippen LogP contribution is 2.27. The molecule has 9 heteroatoms. The third-order valence-corrected chi connectivity index (χ3v) is 5.57. The predicted octanol–water partition coefficient (Wildman–Crippen LogP) is 2.78. The number of nitrogens with one attached hydrogen (secondary N) is 1. The molecule has 0 radical (unpaired) electrons. The molecular formula is C21H29N7O2. The maximum absolute atomic E-state index is 10.2. The zero-order valence-electron chi connectivity index (χ0n) is 17.7. The molecule has 1 aliphatic heterocycles. The molecule has 4 rings (SSSR count). The zero-order valence-corrected chi connectivity index (χ0v) is 17.7. The number of hydrogen-bond donors (Lipinski definition) is 3. The smallest absolute Gasteiger partial charge is 0.227 e. The Bertz CT molecular complexity index is 1020. The number of pyridine rings is 1. The second-order valence-electron chi connectivity index (χ2n) is 8.07. The molecule has 2 atom stereocenters. The topological polar surface area (TPSA) is 112 Å². The first-order chi connectivity index (χ1) is 14.5. The number of hydrogen-bond acceptors (Lipinski definition) is 8. The van der Waals surface area contributed by atoms with Gasteiger partial charge in [-0.1, -0.05) is 0 Å². The van der Waals surface area contributed by atoms with Crippen LogP contribution in [0, 0.1) is 0 Å². The lowest BCUT2D eigenvalue weighted by Crippen LogP contribution is -2.46. The van der Waals surface area contributed by atoms with Gasteiger partial charge in [0, 0.05) is 24.8 Å². The number of nitrogens with zero attached hydrogens (tertiary/aromatic N) is 6. The van der Waals surface area contributed by atoms with E-state index in [-0.39, 0.29) is 18.7 Å². The van der Waals surface area contributed by atoms with Crippen LogP contribution >= 0.6 is 0 Å². The second kappa shape index (κ2) is 8.53. The fourth-order valence-corrected chi connectivity index (χ4v) is 4.20. The van der Waals surface area contributed by atoms with Gasteiger partial charge in [0.2, 0.25) is 5.95 Å². The molecule has 0 bridgehead atoms. The van der Waals surface area contributed by atoms with Gasteiger partial charge in [0.15, 0.2) is 0 Å². The summed E-state index contributed by atoms with van der Waals surface area (Å²) in [5.41, 5.74) is 1.65. The summed E-state index contributed by atoms with van der Waals surface area (Å²) in [7, 11) is 0. The Morgan fingerprint density at radius 1 is 1.17 bits per heavy atom. The van der Waals surface area contributed by atoms with Crippen molar-refractivity contribution < 1.29 is 10.2 Å². The van der Waals surface area contributed by atoms with Crippen molar-refractivity contribution >= 4 is 28.6 Å². The highest BCUT2D eigenvalue weighted by molar-refractivity contribution is 5.79. The quantitative estimate of drug-likeness (QED) is 0.568. The van der Waals surface area contributed by atoms with Crippen LogP contribution in [0.3, 0.4) is 0 Å². The van der Waals surface area contributed by atoms with Crippen molar-refractivity contribution in [3.8, 4) is 0 Å². The molecule has 30 heavy (non-hydrogen) atoms. The van der Waals surface area contributed by atoms with Crippen LogP contribution in [0.2, 0.25) is 0 Å². The number of fused-ring (bicyclic) bond motifs is 1. The second-order valence-corrected chi connectivity index (χ2v) is 8.07. The molecule has 1 aliphatic rings. The third-order valence-electron chi connectivity index (χ3n) is 5.57. The van der Waals surface area contributed by atoms with Crippen molar-refractivity contribution in [1.29, 1.82) is 0 Å². The largest absolute Gasteiger partial charge is 0.391 e. The van der Waals surface area contributed by atoms with E-state index < -0.39 is 6.10 Å². The van der Waals surface area contributed by atoms with Crippen molar-refractivity contribution in [3.63, 3.8) is 0 Å². The highest BCUT2D eigenvalue weighted by Gasteiger charge is 2.28. The monoisotopic (exact) mass is 411 g/mol. The average molecular weight is 412 g/mol. The van der Waals surface area contributed by atoms with E-state index in [9.17, 15) is 10.2 Å². The standard InChI is InChI=1S/C21H29N7O2/c1-13(2)28-17-10-19(23-11-15(17)24-20(28)12-29)25-18-7-8-22-21(26-18)27-9-5-4-6-16(27)14(3)30/h7-8,10-11,13-14,16,29-30H,4-6,9,12H2,1-3H3,(H,22,23,25,26). The lowest BCUT2D eigenvalue weighted by Gasteiger charge is -2.37. The first-order valence-electron chi connectivity index (χ1n) is 10.5. The summed E-state index contributed by atoms with van der Waals surface area (Å²) in [4.78, 5) is 20.1. The summed E-state index contributed by atoms with van der Waals surface area (Å²) in [5.74, 6) is 2.52. The lowest BCUT2D eigenvalue weighted by molar-refractivity contribution is 0.145. The Morgan fingerprint density at radius 3 is 2.73 bits per heavy atom. The van der Waals surface area contributed by atoms with E-state index in [0.29, 0.717) is 23.4 Å². The summed E-state index contributed by atoms with van der Waals surface area (Å²) < 4.78 is 2.01. The molecule has 9 nitrogen and oxygen atoms in total. The predicted molar refractivity (Wildman–Crippen MR) is 116 cm³/mol. The van der Waals surface area contributed by atoms with E-state index >= 15 is 0 Å². The molecule has 3 N–H and O–H groups in total. The molecule has 0 amide bonds. The van der Waals surface area contributed by atoms with E-state index in [1.807, 2.05) is 17.6 Å².